The smallest absolute Gasteiger partial charge is 0.257 e. The molecule has 0 aliphatic carbocycles. The van der Waals surface area contributed by atoms with E-state index in [9.17, 15) is 9.18 Å². The van der Waals surface area contributed by atoms with Crippen LogP contribution in [0.5, 0.6) is 0 Å². The number of amides is 1. The molecule has 0 bridgehead atoms. The molecule has 28 heavy (non-hydrogen) atoms. The molecule has 2 aromatic carbocycles. The molecule has 1 aliphatic rings. The van der Waals surface area contributed by atoms with E-state index in [1.807, 2.05) is 25.1 Å². The van der Waals surface area contributed by atoms with Crippen LogP contribution in [0.25, 0.3) is 5.57 Å². The molecule has 148 valence electrons. The Bertz CT molecular complexity index is 890. The van der Waals surface area contributed by atoms with Crippen molar-refractivity contribution < 1.29 is 9.18 Å². The van der Waals surface area contributed by atoms with Gasteiger partial charge in [-0.1, -0.05) is 13.8 Å². The van der Waals surface area contributed by atoms with Crippen molar-refractivity contribution in [2.45, 2.75) is 20.8 Å². The summed E-state index contributed by atoms with van der Waals surface area (Å²) in [5.74, 6) is -0.600. The maximum absolute atomic E-state index is 13.5. The van der Waals surface area contributed by atoms with Crippen molar-refractivity contribution in [2.24, 2.45) is 0 Å². The van der Waals surface area contributed by atoms with E-state index < -0.39 is 0 Å². The molecule has 5 nitrogen and oxygen atoms in total. The first-order chi connectivity index (χ1) is 13.5. The Labute approximate surface area is 165 Å². The summed E-state index contributed by atoms with van der Waals surface area (Å²) in [4.78, 5) is 14.5. The van der Waals surface area contributed by atoms with Crippen molar-refractivity contribution in [3.05, 3.63) is 59.5 Å². The van der Waals surface area contributed by atoms with Crippen LogP contribution in [-0.4, -0.2) is 37.0 Å². The molecule has 1 heterocycles. The fourth-order valence-corrected chi connectivity index (χ4v) is 3.30. The molecule has 0 unspecified atom stereocenters. The van der Waals surface area contributed by atoms with Gasteiger partial charge in [-0.3, -0.25) is 4.79 Å². The largest absolute Gasteiger partial charge is 0.384 e. The van der Waals surface area contributed by atoms with Crippen molar-refractivity contribution in [3.8, 4) is 0 Å². The van der Waals surface area contributed by atoms with E-state index in [0.29, 0.717) is 16.8 Å². The summed E-state index contributed by atoms with van der Waals surface area (Å²) in [6.07, 6.45) is 1.63. The van der Waals surface area contributed by atoms with E-state index in [1.54, 1.807) is 12.3 Å². The summed E-state index contributed by atoms with van der Waals surface area (Å²) in [7, 11) is 0. The van der Waals surface area contributed by atoms with Crippen LogP contribution in [-0.2, 0) is 4.79 Å². The van der Waals surface area contributed by atoms with Crippen LogP contribution in [0.4, 0.5) is 21.5 Å². The Hall–Kier alpha value is -2.86. The normalized spacial score (nSPS) is 14.3. The highest BCUT2D eigenvalue weighted by atomic mass is 19.1. The highest BCUT2D eigenvalue weighted by Gasteiger charge is 2.24. The number of likely N-dealkylation sites (N-methyl/N-ethyl adjacent to an activating group) is 1. The number of nitrogens with zero attached hydrogens (tertiary/aromatic N) is 1. The Morgan fingerprint density at radius 3 is 2.64 bits per heavy atom. The number of anilines is 3. The van der Waals surface area contributed by atoms with E-state index in [4.69, 9.17) is 0 Å². The van der Waals surface area contributed by atoms with Gasteiger partial charge >= 0.3 is 0 Å². The fourth-order valence-electron chi connectivity index (χ4n) is 3.30. The van der Waals surface area contributed by atoms with Gasteiger partial charge in [0.1, 0.15) is 5.82 Å². The highest BCUT2D eigenvalue weighted by Crippen LogP contribution is 2.32. The van der Waals surface area contributed by atoms with E-state index >= 15 is 0 Å². The number of halogens is 1. The zero-order valence-corrected chi connectivity index (χ0v) is 16.6. The minimum Gasteiger partial charge on any atom is -0.384 e. The first-order valence-corrected chi connectivity index (χ1v) is 9.66. The zero-order valence-electron chi connectivity index (χ0n) is 16.6. The van der Waals surface area contributed by atoms with Gasteiger partial charge in [0.25, 0.3) is 5.91 Å². The number of aryl methyl sites for hydroxylation is 1. The fraction of sp³-hybridized carbons (Fsp3) is 0.318. The lowest BCUT2D eigenvalue weighted by molar-refractivity contribution is -0.110. The molecule has 1 aliphatic heterocycles. The van der Waals surface area contributed by atoms with Crippen molar-refractivity contribution >= 4 is 28.5 Å². The SMILES string of the molecule is CCN(CC)CCNc1ccc(N/C=C2/C(=O)Nc3ccc(F)cc32)cc1C. The summed E-state index contributed by atoms with van der Waals surface area (Å²) in [5, 5.41) is 9.37. The Morgan fingerprint density at radius 2 is 1.93 bits per heavy atom. The highest BCUT2D eigenvalue weighted by molar-refractivity contribution is 6.31. The lowest BCUT2D eigenvalue weighted by Gasteiger charge is -2.19. The molecule has 0 radical (unpaired) electrons. The van der Waals surface area contributed by atoms with Crippen LogP contribution in [0.3, 0.4) is 0 Å². The van der Waals surface area contributed by atoms with E-state index in [2.05, 4.69) is 34.7 Å². The molecule has 0 saturated carbocycles. The average Bonchev–Trinajstić information content (AvgIpc) is 2.99. The van der Waals surface area contributed by atoms with E-state index in [-0.39, 0.29) is 11.7 Å². The van der Waals surface area contributed by atoms with Gasteiger partial charge in [0, 0.05) is 41.9 Å². The van der Waals surface area contributed by atoms with Gasteiger partial charge in [0.2, 0.25) is 0 Å². The van der Waals surface area contributed by atoms with Gasteiger partial charge in [-0.25, -0.2) is 4.39 Å². The number of carbonyl (C=O) groups excluding carboxylic acids is 1. The van der Waals surface area contributed by atoms with Crippen LogP contribution < -0.4 is 16.0 Å². The molecule has 0 aromatic heterocycles. The second-order valence-corrected chi connectivity index (χ2v) is 6.83. The van der Waals surface area contributed by atoms with Crippen molar-refractivity contribution in [2.75, 3.05) is 42.1 Å². The molecule has 0 spiro atoms. The van der Waals surface area contributed by atoms with E-state index in [1.165, 1.54) is 12.1 Å². The summed E-state index contributed by atoms with van der Waals surface area (Å²) in [6.45, 7) is 10.4. The molecule has 3 rings (SSSR count). The Morgan fingerprint density at radius 1 is 1.14 bits per heavy atom. The summed E-state index contributed by atoms with van der Waals surface area (Å²) >= 11 is 0. The molecule has 3 N–H and O–H groups in total. The van der Waals surface area contributed by atoms with Crippen LogP contribution in [0.2, 0.25) is 0 Å². The summed E-state index contributed by atoms with van der Waals surface area (Å²) in [6, 6.07) is 10.3. The number of hydrogen-bond acceptors (Lipinski definition) is 4. The monoisotopic (exact) mass is 382 g/mol. The maximum atomic E-state index is 13.5. The molecule has 0 fully saturated rings. The van der Waals surface area contributed by atoms with Gasteiger partial charge in [-0.2, -0.15) is 0 Å². The number of fused-ring (bicyclic) bond motifs is 1. The first kappa shape index (κ1) is 19.9. The number of nitrogens with one attached hydrogen (secondary N) is 3. The quantitative estimate of drug-likeness (QED) is 0.596. The summed E-state index contributed by atoms with van der Waals surface area (Å²) < 4.78 is 13.5. The Balaban J connectivity index is 1.66. The van der Waals surface area contributed by atoms with E-state index in [0.717, 1.165) is 43.1 Å². The summed E-state index contributed by atoms with van der Waals surface area (Å²) in [5.41, 5.74) is 4.71. The van der Waals surface area contributed by atoms with Crippen molar-refractivity contribution in [3.63, 3.8) is 0 Å². The van der Waals surface area contributed by atoms with Gasteiger partial charge in [-0.15, -0.1) is 0 Å². The van der Waals surface area contributed by atoms with Gasteiger partial charge < -0.3 is 20.9 Å². The Kier molecular flexibility index (Phi) is 6.31. The number of rotatable bonds is 8. The molecule has 0 saturated heterocycles. The van der Waals surface area contributed by atoms with Crippen LogP contribution in [0.15, 0.2) is 42.6 Å². The van der Waals surface area contributed by atoms with Crippen LogP contribution in [0, 0.1) is 12.7 Å². The lowest BCUT2D eigenvalue weighted by Crippen LogP contribution is -2.28. The zero-order chi connectivity index (χ0) is 20.1. The lowest BCUT2D eigenvalue weighted by atomic mass is 10.1. The number of carbonyl (C=O) groups is 1. The molecular weight excluding hydrogens is 355 g/mol. The third kappa shape index (κ3) is 4.51. The first-order valence-electron chi connectivity index (χ1n) is 9.66. The van der Waals surface area contributed by atoms with Crippen LogP contribution in [0.1, 0.15) is 25.0 Å². The minimum atomic E-state index is -0.364. The molecule has 2 aromatic rings. The molecular formula is C22H27FN4O. The number of benzene rings is 2. The molecule has 1 amide bonds. The topological polar surface area (TPSA) is 56.4 Å². The molecule has 6 heteroatoms. The maximum Gasteiger partial charge on any atom is 0.257 e. The van der Waals surface area contributed by atoms with Gasteiger partial charge in [-0.05, 0) is 62.0 Å². The predicted octanol–water partition coefficient (Wildman–Crippen LogP) is 4.29. The second kappa shape index (κ2) is 8.89. The van der Waals surface area contributed by atoms with Gasteiger partial charge in [0.15, 0.2) is 0 Å². The third-order valence-electron chi connectivity index (χ3n) is 5.01. The third-order valence-corrected chi connectivity index (χ3v) is 5.01. The van der Waals surface area contributed by atoms with Gasteiger partial charge in [0.05, 0.1) is 5.57 Å². The number of hydrogen-bond donors (Lipinski definition) is 3. The minimum absolute atomic E-state index is 0.237. The van der Waals surface area contributed by atoms with Crippen LogP contribution >= 0.6 is 0 Å². The standard InChI is InChI=1S/C22H27FN4O/c1-4-27(5-2)11-10-24-20-9-7-17(12-15(20)3)25-14-19-18-13-16(23)6-8-21(18)26-22(19)28/h6-9,12-14,24-25H,4-5,10-11H2,1-3H3,(H,26,28)/b19-14+. The van der Waals surface area contributed by atoms with Crippen molar-refractivity contribution in [1.82, 2.24) is 4.90 Å². The molecule has 0 atom stereocenters. The van der Waals surface area contributed by atoms with Crippen molar-refractivity contribution in [1.29, 1.82) is 0 Å². The predicted molar refractivity (Wildman–Crippen MR) is 114 cm³/mol. The average molecular weight is 382 g/mol. The second-order valence-electron chi connectivity index (χ2n) is 6.83.